The highest BCUT2D eigenvalue weighted by Gasteiger charge is 2.33. The number of hydrogen-bond acceptors (Lipinski definition) is 3. The number of anilines is 2. The van der Waals surface area contributed by atoms with E-state index in [1.54, 1.807) is 12.1 Å². The van der Waals surface area contributed by atoms with E-state index >= 15 is 0 Å². The molecule has 2 aromatic heterocycles. The smallest absolute Gasteiger partial charge is 0.359 e. The molecule has 0 spiro atoms. The molecule has 1 aliphatic heterocycles. The zero-order valence-electron chi connectivity index (χ0n) is 16.8. The second kappa shape index (κ2) is 8.73. The van der Waals surface area contributed by atoms with Gasteiger partial charge in [-0.2, -0.15) is 13.2 Å². The highest BCUT2D eigenvalue weighted by Crippen LogP contribution is 2.29. The summed E-state index contributed by atoms with van der Waals surface area (Å²) in [4.78, 5) is 20.8. The molecule has 1 aromatic carbocycles. The summed E-state index contributed by atoms with van der Waals surface area (Å²) in [6, 6.07) is 4.55. The molecule has 32 heavy (non-hydrogen) atoms. The maximum atomic E-state index is 13.5. The van der Waals surface area contributed by atoms with Crippen LogP contribution in [0.2, 0.25) is 0 Å². The Hall–Kier alpha value is -3.21. The molecule has 1 aliphatic rings. The Morgan fingerprint density at radius 2 is 1.97 bits per heavy atom. The fourth-order valence-electron chi connectivity index (χ4n) is 3.95. The number of aromatic nitrogens is 2. The van der Waals surface area contributed by atoms with Gasteiger partial charge in [0.15, 0.2) is 11.6 Å². The van der Waals surface area contributed by atoms with Crippen molar-refractivity contribution >= 4 is 28.3 Å². The van der Waals surface area contributed by atoms with Gasteiger partial charge in [-0.05, 0) is 37.6 Å². The molecule has 3 heterocycles. The minimum absolute atomic E-state index is 0.178. The predicted molar refractivity (Wildman–Crippen MR) is 110 cm³/mol. The Morgan fingerprint density at radius 3 is 2.75 bits per heavy atom. The van der Waals surface area contributed by atoms with Gasteiger partial charge < -0.3 is 15.6 Å². The lowest BCUT2D eigenvalue weighted by atomic mass is 9.94. The zero-order valence-corrected chi connectivity index (χ0v) is 16.8. The van der Waals surface area contributed by atoms with E-state index in [1.807, 2.05) is 0 Å². The Labute approximate surface area is 179 Å². The number of fused-ring (bicyclic) bond motifs is 1. The lowest BCUT2D eigenvalue weighted by Crippen LogP contribution is -2.40. The highest BCUT2D eigenvalue weighted by molar-refractivity contribution is 6.05. The summed E-state index contributed by atoms with van der Waals surface area (Å²) in [6.07, 6.45) is -0.0312. The number of H-pyrrole nitrogens is 1. The number of pyridine rings is 1. The quantitative estimate of drug-likeness (QED) is 0.474. The molecular formula is C21H20F5N5O. The number of urea groups is 1. The van der Waals surface area contributed by atoms with Gasteiger partial charge in [-0.3, -0.25) is 9.88 Å². The maximum Gasteiger partial charge on any atom is 0.401 e. The zero-order chi connectivity index (χ0) is 22.9. The van der Waals surface area contributed by atoms with Crippen molar-refractivity contribution in [2.24, 2.45) is 0 Å². The van der Waals surface area contributed by atoms with Crippen LogP contribution < -0.4 is 10.6 Å². The van der Waals surface area contributed by atoms with Crippen molar-refractivity contribution in [3.8, 4) is 0 Å². The van der Waals surface area contributed by atoms with Crippen LogP contribution in [-0.2, 0) is 0 Å². The summed E-state index contributed by atoms with van der Waals surface area (Å²) < 4.78 is 65.0. The fraction of sp³-hybridized carbons (Fsp3) is 0.333. The van der Waals surface area contributed by atoms with Crippen molar-refractivity contribution in [3.63, 3.8) is 0 Å². The molecule has 170 valence electrons. The highest BCUT2D eigenvalue weighted by atomic mass is 19.4. The Balaban J connectivity index is 1.43. The Kier molecular flexibility index (Phi) is 6.00. The van der Waals surface area contributed by atoms with E-state index in [4.69, 9.17) is 0 Å². The van der Waals surface area contributed by atoms with Gasteiger partial charge in [0.2, 0.25) is 0 Å². The average Bonchev–Trinajstić information content (AvgIpc) is 3.08. The molecule has 4 rings (SSSR count). The molecule has 0 saturated carbocycles. The van der Waals surface area contributed by atoms with Gasteiger partial charge in [0.05, 0.1) is 17.7 Å². The van der Waals surface area contributed by atoms with Gasteiger partial charge in [0.25, 0.3) is 0 Å². The number of hydrogen-bond donors (Lipinski definition) is 3. The van der Waals surface area contributed by atoms with Crippen LogP contribution in [0.25, 0.3) is 10.9 Å². The summed E-state index contributed by atoms with van der Waals surface area (Å²) in [7, 11) is 0. The van der Waals surface area contributed by atoms with Crippen molar-refractivity contribution in [3.05, 3.63) is 54.0 Å². The molecule has 1 saturated heterocycles. The molecule has 0 bridgehead atoms. The van der Waals surface area contributed by atoms with Crippen LogP contribution in [-0.4, -0.2) is 46.7 Å². The number of nitrogens with zero attached hydrogens (tertiary/aromatic N) is 2. The minimum Gasteiger partial charge on any atom is -0.359 e. The first-order valence-corrected chi connectivity index (χ1v) is 9.97. The molecule has 6 nitrogen and oxygen atoms in total. The van der Waals surface area contributed by atoms with E-state index < -0.39 is 30.4 Å². The molecule has 3 aromatic rings. The van der Waals surface area contributed by atoms with E-state index in [0.717, 1.165) is 12.1 Å². The Bertz CT molecular complexity index is 1130. The number of carbonyl (C=O) groups excluding carboxylic acids is 1. The predicted octanol–water partition coefficient (Wildman–Crippen LogP) is 5.23. The third-order valence-electron chi connectivity index (χ3n) is 5.34. The van der Waals surface area contributed by atoms with Crippen LogP contribution in [0.5, 0.6) is 0 Å². The van der Waals surface area contributed by atoms with Crippen molar-refractivity contribution in [1.29, 1.82) is 0 Å². The summed E-state index contributed by atoms with van der Waals surface area (Å²) in [6.45, 7) is -0.343. The molecule has 0 radical (unpaired) electrons. The number of piperidine rings is 1. The number of amides is 2. The molecular weight excluding hydrogens is 433 g/mol. The second-order valence-corrected chi connectivity index (χ2v) is 7.75. The van der Waals surface area contributed by atoms with Crippen LogP contribution in [0.3, 0.4) is 0 Å². The van der Waals surface area contributed by atoms with Crippen LogP contribution in [0.4, 0.5) is 38.1 Å². The van der Waals surface area contributed by atoms with Gasteiger partial charge in [-0.15, -0.1) is 0 Å². The lowest BCUT2D eigenvalue weighted by molar-refractivity contribution is -0.148. The van der Waals surface area contributed by atoms with Gasteiger partial charge in [-0.25, -0.2) is 13.6 Å². The van der Waals surface area contributed by atoms with E-state index in [0.29, 0.717) is 41.7 Å². The molecule has 0 aliphatic carbocycles. The molecule has 2 amide bonds. The fourth-order valence-corrected chi connectivity index (χ4v) is 3.95. The maximum absolute atomic E-state index is 13.5. The monoisotopic (exact) mass is 453 g/mol. The van der Waals surface area contributed by atoms with Gasteiger partial charge in [-0.1, -0.05) is 0 Å². The van der Waals surface area contributed by atoms with Gasteiger partial charge in [0, 0.05) is 47.7 Å². The summed E-state index contributed by atoms with van der Waals surface area (Å²) in [5, 5.41) is 5.51. The summed E-state index contributed by atoms with van der Waals surface area (Å²) >= 11 is 0. The Morgan fingerprint density at radius 1 is 1.19 bits per heavy atom. The topological polar surface area (TPSA) is 73.1 Å². The number of halogens is 5. The van der Waals surface area contributed by atoms with E-state index in [9.17, 15) is 26.7 Å². The average molecular weight is 453 g/mol. The number of alkyl halides is 3. The van der Waals surface area contributed by atoms with E-state index in [1.165, 1.54) is 17.3 Å². The summed E-state index contributed by atoms with van der Waals surface area (Å²) in [5.74, 6) is -2.22. The molecule has 11 heteroatoms. The number of carbonyl (C=O) groups is 1. The largest absolute Gasteiger partial charge is 0.401 e. The van der Waals surface area contributed by atoms with Crippen LogP contribution in [0.1, 0.15) is 24.5 Å². The van der Waals surface area contributed by atoms with Crippen molar-refractivity contribution < 1.29 is 26.7 Å². The first-order chi connectivity index (χ1) is 15.2. The number of nitrogens with one attached hydrogen (secondary N) is 3. The van der Waals surface area contributed by atoms with Crippen LogP contribution in [0, 0.1) is 11.6 Å². The lowest BCUT2D eigenvalue weighted by Gasteiger charge is -2.32. The molecule has 3 N–H and O–H groups in total. The number of likely N-dealkylation sites (tertiary alicyclic amines) is 1. The van der Waals surface area contributed by atoms with E-state index in [-0.39, 0.29) is 18.2 Å². The first-order valence-electron chi connectivity index (χ1n) is 9.97. The second-order valence-electron chi connectivity index (χ2n) is 7.75. The van der Waals surface area contributed by atoms with Crippen molar-refractivity contribution in [1.82, 2.24) is 14.9 Å². The van der Waals surface area contributed by atoms with Gasteiger partial charge >= 0.3 is 12.2 Å². The standard InChI is InChI=1S/C21H20F5N5O/c22-15-7-14-18(8-16(15)23)28-9-19(14)30-20(32)29-13-3-4-27-17(6-13)12-2-1-5-31(10-12)11-21(24,25)26/h3-4,6-9,12,28H,1-2,5,10-11H2,(H2,27,29,30,32). The number of benzene rings is 1. The number of rotatable bonds is 4. The molecule has 1 atom stereocenters. The minimum atomic E-state index is -4.26. The normalized spacial score (nSPS) is 17.5. The van der Waals surface area contributed by atoms with Crippen molar-refractivity contribution in [2.75, 3.05) is 30.3 Å². The third kappa shape index (κ3) is 5.16. The SMILES string of the molecule is O=C(Nc1ccnc(C2CCCN(CC(F)(F)F)C2)c1)Nc1c[nH]c2cc(F)c(F)cc12. The number of aromatic amines is 1. The van der Waals surface area contributed by atoms with Crippen LogP contribution in [0.15, 0.2) is 36.7 Å². The molecule has 1 unspecified atom stereocenters. The van der Waals surface area contributed by atoms with E-state index in [2.05, 4.69) is 20.6 Å². The first kappa shape index (κ1) is 22.0. The van der Waals surface area contributed by atoms with Crippen LogP contribution >= 0.6 is 0 Å². The van der Waals surface area contributed by atoms with Crippen molar-refractivity contribution in [2.45, 2.75) is 24.9 Å². The third-order valence-corrected chi connectivity index (χ3v) is 5.34. The molecule has 1 fully saturated rings. The van der Waals surface area contributed by atoms with Gasteiger partial charge in [0.1, 0.15) is 0 Å². The summed E-state index contributed by atoms with van der Waals surface area (Å²) in [5.41, 5.74) is 1.60.